The summed E-state index contributed by atoms with van der Waals surface area (Å²) in [4.78, 5) is 30.0. The molecule has 2 atom stereocenters. The normalized spacial score (nSPS) is 12.8. The van der Waals surface area contributed by atoms with Crippen LogP contribution in [0.1, 0.15) is 44.7 Å². The van der Waals surface area contributed by atoms with Crippen molar-refractivity contribution < 1.29 is 18.0 Å². The molecule has 226 valence electrons. The molecular weight excluding hydrogens is 613 g/mol. The van der Waals surface area contributed by atoms with Crippen molar-refractivity contribution >= 4 is 62.5 Å². The van der Waals surface area contributed by atoms with Crippen LogP contribution in [-0.4, -0.2) is 50.0 Å². The fraction of sp³-hybridized carbons (Fsp3) is 0.355. The number of sulfonamides is 1. The number of amides is 2. The van der Waals surface area contributed by atoms with Crippen LogP contribution in [0.2, 0.25) is 10.0 Å². The average molecular weight is 651 g/mol. The Kier molecular flexibility index (Phi) is 12.2. The van der Waals surface area contributed by atoms with E-state index >= 15 is 0 Å². The van der Waals surface area contributed by atoms with Gasteiger partial charge in [0.25, 0.3) is 10.0 Å². The standard InChI is InChI=1S/C31H37Cl2N3O4S2/c1-6-22(4)34-31(38)29(7-2)35(19-23-10-11-24(32)18-28(23)33)30(37)20-36(25-12-8-21(3)9-13-25)42(39,40)27-16-14-26(41-5)15-17-27/h8-18,22,29H,6-7,19-20H2,1-5H3,(H,34,38)/t22-,29-/m0/s1. The Morgan fingerprint density at radius 3 is 2.14 bits per heavy atom. The van der Waals surface area contributed by atoms with E-state index in [4.69, 9.17) is 23.2 Å². The highest BCUT2D eigenvalue weighted by Crippen LogP contribution is 2.28. The molecule has 0 radical (unpaired) electrons. The van der Waals surface area contributed by atoms with Crippen LogP contribution in [-0.2, 0) is 26.2 Å². The number of aryl methyl sites for hydroxylation is 1. The van der Waals surface area contributed by atoms with Crippen LogP contribution >= 0.6 is 35.0 Å². The summed E-state index contributed by atoms with van der Waals surface area (Å²) in [6.07, 6.45) is 2.93. The number of halogens is 2. The third-order valence-electron chi connectivity index (χ3n) is 6.99. The lowest BCUT2D eigenvalue weighted by Crippen LogP contribution is -2.53. The van der Waals surface area contributed by atoms with Gasteiger partial charge in [-0.05, 0) is 87.0 Å². The van der Waals surface area contributed by atoms with Crippen molar-refractivity contribution in [2.75, 3.05) is 17.1 Å². The third kappa shape index (κ3) is 8.43. The highest BCUT2D eigenvalue weighted by Gasteiger charge is 2.34. The number of hydrogen-bond donors (Lipinski definition) is 1. The van der Waals surface area contributed by atoms with Gasteiger partial charge in [0, 0.05) is 27.5 Å². The summed E-state index contributed by atoms with van der Waals surface area (Å²) in [6, 6.07) is 17.4. The second-order valence-corrected chi connectivity index (χ2v) is 13.6. The number of nitrogens with zero attached hydrogens (tertiary/aromatic N) is 2. The summed E-state index contributed by atoms with van der Waals surface area (Å²) in [7, 11) is -4.15. The van der Waals surface area contributed by atoms with Gasteiger partial charge < -0.3 is 10.2 Å². The van der Waals surface area contributed by atoms with Gasteiger partial charge in [-0.2, -0.15) is 0 Å². The van der Waals surface area contributed by atoms with Gasteiger partial charge in [-0.15, -0.1) is 11.8 Å². The number of nitrogens with one attached hydrogen (secondary N) is 1. The van der Waals surface area contributed by atoms with E-state index in [1.807, 2.05) is 34.0 Å². The van der Waals surface area contributed by atoms with Crippen LogP contribution in [0.4, 0.5) is 5.69 Å². The lowest BCUT2D eigenvalue weighted by atomic mass is 10.1. The lowest BCUT2D eigenvalue weighted by Gasteiger charge is -2.34. The maximum absolute atomic E-state index is 14.2. The molecule has 3 rings (SSSR count). The molecule has 42 heavy (non-hydrogen) atoms. The Morgan fingerprint density at radius 1 is 0.952 bits per heavy atom. The summed E-state index contributed by atoms with van der Waals surface area (Å²) >= 11 is 14.1. The summed E-state index contributed by atoms with van der Waals surface area (Å²) in [5.74, 6) is -0.861. The molecule has 0 aromatic heterocycles. The van der Waals surface area contributed by atoms with Crippen LogP contribution < -0.4 is 9.62 Å². The first-order chi connectivity index (χ1) is 19.9. The summed E-state index contributed by atoms with van der Waals surface area (Å²) < 4.78 is 29.1. The highest BCUT2D eigenvalue weighted by molar-refractivity contribution is 7.98. The van der Waals surface area contributed by atoms with E-state index in [0.717, 1.165) is 14.8 Å². The highest BCUT2D eigenvalue weighted by atomic mass is 35.5. The first kappa shape index (κ1) is 33.8. The maximum atomic E-state index is 14.2. The quantitative estimate of drug-likeness (QED) is 0.203. The van der Waals surface area contributed by atoms with E-state index in [2.05, 4.69) is 5.32 Å². The predicted octanol–water partition coefficient (Wildman–Crippen LogP) is 6.94. The number of thioether (sulfide) groups is 1. The van der Waals surface area contributed by atoms with Crippen molar-refractivity contribution in [1.82, 2.24) is 10.2 Å². The Balaban J connectivity index is 2.08. The van der Waals surface area contributed by atoms with Gasteiger partial charge >= 0.3 is 0 Å². The summed E-state index contributed by atoms with van der Waals surface area (Å²) in [6.45, 7) is 7.03. The molecule has 0 saturated heterocycles. The molecule has 2 amide bonds. The van der Waals surface area contributed by atoms with Crippen molar-refractivity contribution in [3.63, 3.8) is 0 Å². The SMILES string of the molecule is CC[C@H](C)NC(=O)[C@H](CC)N(Cc1ccc(Cl)cc1Cl)C(=O)CN(c1ccc(C)cc1)S(=O)(=O)c1ccc(SC)cc1. The van der Waals surface area contributed by atoms with Gasteiger partial charge in [0.15, 0.2) is 0 Å². The zero-order chi connectivity index (χ0) is 31.0. The van der Waals surface area contributed by atoms with Gasteiger partial charge in [0.05, 0.1) is 10.6 Å². The number of anilines is 1. The fourth-order valence-electron chi connectivity index (χ4n) is 4.31. The molecule has 0 bridgehead atoms. The fourth-order valence-corrected chi connectivity index (χ4v) is 6.60. The largest absolute Gasteiger partial charge is 0.352 e. The molecule has 0 aliphatic rings. The molecular formula is C31H37Cl2N3O4S2. The minimum absolute atomic E-state index is 0.00846. The van der Waals surface area contributed by atoms with Gasteiger partial charge in [-0.25, -0.2) is 8.42 Å². The number of benzene rings is 3. The van der Waals surface area contributed by atoms with Gasteiger partial charge in [-0.1, -0.05) is 60.8 Å². The van der Waals surface area contributed by atoms with E-state index < -0.39 is 28.5 Å². The Bertz CT molecular complexity index is 1480. The van der Waals surface area contributed by atoms with E-state index in [-0.39, 0.29) is 23.4 Å². The molecule has 11 heteroatoms. The Labute approximate surface area is 263 Å². The van der Waals surface area contributed by atoms with Crippen LogP contribution in [0.5, 0.6) is 0 Å². The topological polar surface area (TPSA) is 86.8 Å². The van der Waals surface area contributed by atoms with Crippen LogP contribution in [0.3, 0.4) is 0 Å². The number of carbonyl (C=O) groups is 2. The van der Waals surface area contributed by atoms with Crippen molar-refractivity contribution in [2.24, 2.45) is 0 Å². The maximum Gasteiger partial charge on any atom is 0.264 e. The predicted molar refractivity (Wildman–Crippen MR) is 173 cm³/mol. The zero-order valence-electron chi connectivity index (χ0n) is 24.4. The lowest BCUT2D eigenvalue weighted by molar-refractivity contribution is -0.140. The molecule has 0 aliphatic carbocycles. The van der Waals surface area contributed by atoms with E-state index in [0.29, 0.717) is 34.1 Å². The van der Waals surface area contributed by atoms with Crippen molar-refractivity contribution in [2.45, 2.75) is 69.0 Å². The first-order valence-electron chi connectivity index (χ1n) is 13.7. The van der Waals surface area contributed by atoms with Gasteiger partial charge in [0.1, 0.15) is 12.6 Å². The molecule has 7 nitrogen and oxygen atoms in total. The summed E-state index contributed by atoms with van der Waals surface area (Å²) in [5, 5.41) is 3.74. The number of hydrogen-bond acceptors (Lipinski definition) is 5. The minimum atomic E-state index is -4.15. The monoisotopic (exact) mass is 649 g/mol. The van der Waals surface area contributed by atoms with Gasteiger partial charge in [-0.3, -0.25) is 13.9 Å². The minimum Gasteiger partial charge on any atom is -0.352 e. The molecule has 0 fully saturated rings. The Morgan fingerprint density at radius 2 is 1.60 bits per heavy atom. The van der Waals surface area contributed by atoms with Crippen molar-refractivity contribution in [3.05, 3.63) is 87.9 Å². The van der Waals surface area contributed by atoms with E-state index in [1.54, 1.807) is 54.6 Å². The number of rotatable bonds is 13. The smallest absolute Gasteiger partial charge is 0.264 e. The zero-order valence-corrected chi connectivity index (χ0v) is 27.6. The third-order valence-corrected chi connectivity index (χ3v) is 10.1. The first-order valence-corrected chi connectivity index (χ1v) is 17.1. The van der Waals surface area contributed by atoms with E-state index in [1.165, 1.54) is 28.8 Å². The van der Waals surface area contributed by atoms with Crippen LogP contribution in [0, 0.1) is 6.92 Å². The molecule has 3 aromatic rings. The molecule has 1 N–H and O–H groups in total. The molecule has 3 aromatic carbocycles. The second kappa shape index (κ2) is 15.1. The second-order valence-electron chi connectivity index (χ2n) is 10.0. The average Bonchev–Trinajstić information content (AvgIpc) is 2.97. The van der Waals surface area contributed by atoms with Crippen LogP contribution in [0.15, 0.2) is 76.5 Å². The summed E-state index contributed by atoms with van der Waals surface area (Å²) in [5.41, 5.74) is 1.87. The van der Waals surface area contributed by atoms with Crippen molar-refractivity contribution in [3.8, 4) is 0 Å². The molecule has 0 aliphatic heterocycles. The number of carbonyl (C=O) groups excluding carboxylic acids is 2. The van der Waals surface area contributed by atoms with Gasteiger partial charge in [0.2, 0.25) is 11.8 Å². The Hall–Kier alpha value is -2.72. The molecule has 0 saturated carbocycles. The molecule has 0 spiro atoms. The van der Waals surface area contributed by atoms with E-state index in [9.17, 15) is 18.0 Å². The van der Waals surface area contributed by atoms with Crippen molar-refractivity contribution in [1.29, 1.82) is 0 Å². The van der Waals surface area contributed by atoms with Crippen LogP contribution in [0.25, 0.3) is 0 Å². The molecule has 0 heterocycles. The molecule has 0 unspecified atom stereocenters.